The van der Waals surface area contributed by atoms with Crippen molar-refractivity contribution in [2.24, 2.45) is 7.05 Å². The zero-order valence-electron chi connectivity index (χ0n) is 12.6. The molecule has 1 aliphatic heterocycles. The molecule has 3 aromatic rings. The summed E-state index contributed by atoms with van der Waals surface area (Å²) < 4.78 is 1.06. The first kappa shape index (κ1) is 13.8. The Balaban J connectivity index is 1.99. The second-order valence-electron chi connectivity index (χ2n) is 5.87. The average molecular weight is 313 g/mol. The van der Waals surface area contributed by atoms with Crippen LogP contribution in [0.2, 0.25) is 0 Å². The van der Waals surface area contributed by atoms with E-state index in [-0.39, 0.29) is 17.5 Å². The van der Waals surface area contributed by atoms with Crippen molar-refractivity contribution in [3.8, 4) is 5.88 Å². The molecule has 2 aromatic heterocycles. The van der Waals surface area contributed by atoms with Gasteiger partial charge in [-0.3, -0.25) is 14.3 Å². The van der Waals surface area contributed by atoms with Gasteiger partial charge < -0.3 is 15.4 Å². The van der Waals surface area contributed by atoms with E-state index in [9.17, 15) is 14.7 Å². The molecule has 4 rings (SSSR count). The minimum Gasteiger partial charge on any atom is -0.494 e. The Bertz CT molecular complexity index is 1030. The molecule has 0 unspecified atom stereocenters. The normalized spacial score (nSPS) is 17.3. The summed E-state index contributed by atoms with van der Waals surface area (Å²) in [5.74, 6) is -0.286. The Morgan fingerprint density at radius 2 is 2.04 bits per heavy atom. The third-order valence-electron chi connectivity index (χ3n) is 4.59. The van der Waals surface area contributed by atoms with Gasteiger partial charge in [-0.1, -0.05) is 18.2 Å². The molecule has 0 bridgehead atoms. The van der Waals surface area contributed by atoms with Crippen LogP contribution in [0, 0.1) is 0 Å². The molecule has 23 heavy (non-hydrogen) atoms. The zero-order valence-corrected chi connectivity index (χ0v) is 12.6. The molecular formula is C16H17N4O3+. The van der Waals surface area contributed by atoms with Gasteiger partial charge in [0.15, 0.2) is 6.04 Å². The summed E-state index contributed by atoms with van der Waals surface area (Å²) in [7, 11) is 1.44. The van der Waals surface area contributed by atoms with Crippen LogP contribution in [0.4, 0.5) is 0 Å². The van der Waals surface area contributed by atoms with Crippen LogP contribution >= 0.6 is 0 Å². The lowest BCUT2D eigenvalue weighted by atomic mass is 9.95. The van der Waals surface area contributed by atoms with Gasteiger partial charge in [-0.15, -0.1) is 0 Å². The smallest absolute Gasteiger partial charge is 0.330 e. The molecule has 0 spiro atoms. The second kappa shape index (κ2) is 4.85. The van der Waals surface area contributed by atoms with Crippen molar-refractivity contribution >= 4 is 10.9 Å². The first-order valence-corrected chi connectivity index (χ1v) is 7.53. The highest BCUT2D eigenvalue weighted by molar-refractivity contribution is 5.85. The van der Waals surface area contributed by atoms with Gasteiger partial charge in [0.05, 0.1) is 12.2 Å². The molecule has 0 saturated heterocycles. The molecule has 7 heteroatoms. The van der Waals surface area contributed by atoms with E-state index in [0.717, 1.165) is 34.1 Å². The monoisotopic (exact) mass is 313 g/mol. The fourth-order valence-corrected chi connectivity index (χ4v) is 3.44. The largest absolute Gasteiger partial charge is 0.494 e. The van der Waals surface area contributed by atoms with E-state index < -0.39 is 11.2 Å². The Kier molecular flexibility index (Phi) is 2.92. The van der Waals surface area contributed by atoms with Gasteiger partial charge in [-0.25, -0.2) is 4.79 Å². The van der Waals surface area contributed by atoms with Crippen LogP contribution in [-0.4, -0.2) is 26.2 Å². The molecule has 118 valence electrons. The van der Waals surface area contributed by atoms with Crippen LogP contribution in [0.15, 0.2) is 33.9 Å². The van der Waals surface area contributed by atoms with Crippen LogP contribution in [0.3, 0.4) is 0 Å². The van der Waals surface area contributed by atoms with Gasteiger partial charge in [0, 0.05) is 24.4 Å². The zero-order chi connectivity index (χ0) is 16.1. The van der Waals surface area contributed by atoms with Crippen molar-refractivity contribution in [1.82, 2.24) is 14.5 Å². The van der Waals surface area contributed by atoms with Crippen LogP contribution in [0.1, 0.15) is 22.9 Å². The SMILES string of the molecule is Cn1c(O)c([C@H]2[NH2+]CCc3c2[nH]c2ccccc32)c(=O)[nH]c1=O. The van der Waals surface area contributed by atoms with Gasteiger partial charge in [0.2, 0.25) is 5.88 Å². The van der Waals surface area contributed by atoms with Crippen LogP contribution in [0.5, 0.6) is 5.88 Å². The molecule has 7 nitrogen and oxygen atoms in total. The summed E-state index contributed by atoms with van der Waals surface area (Å²) in [5, 5.41) is 13.5. The number of quaternary nitrogens is 1. The molecule has 1 aliphatic rings. The lowest BCUT2D eigenvalue weighted by Gasteiger charge is -2.21. The Morgan fingerprint density at radius 3 is 2.87 bits per heavy atom. The number of nitrogens with two attached hydrogens (primary N) is 1. The number of hydrogen-bond acceptors (Lipinski definition) is 3. The van der Waals surface area contributed by atoms with E-state index in [2.05, 4.69) is 16.0 Å². The number of aromatic nitrogens is 3. The maximum atomic E-state index is 12.3. The van der Waals surface area contributed by atoms with E-state index >= 15 is 0 Å². The first-order chi connectivity index (χ1) is 11.1. The predicted molar refractivity (Wildman–Crippen MR) is 84.6 cm³/mol. The maximum Gasteiger partial charge on any atom is 0.330 e. The van der Waals surface area contributed by atoms with E-state index in [1.54, 1.807) is 0 Å². The number of hydrogen-bond donors (Lipinski definition) is 4. The number of para-hydroxylation sites is 1. The Labute approximate surface area is 130 Å². The van der Waals surface area contributed by atoms with Crippen molar-refractivity contribution < 1.29 is 10.4 Å². The fraction of sp³-hybridized carbons (Fsp3) is 0.250. The fourth-order valence-electron chi connectivity index (χ4n) is 3.44. The lowest BCUT2D eigenvalue weighted by molar-refractivity contribution is -0.690. The minimum atomic E-state index is -0.621. The predicted octanol–water partition coefficient (Wildman–Crippen LogP) is -0.531. The third-order valence-corrected chi connectivity index (χ3v) is 4.59. The summed E-state index contributed by atoms with van der Waals surface area (Å²) in [6, 6.07) is 7.63. The number of H-pyrrole nitrogens is 2. The Hall–Kier alpha value is -2.80. The molecule has 0 fully saturated rings. The van der Waals surface area contributed by atoms with Gasteiger partial charge >= 0.3 is 5.69 Å². The summed E-state index contributed by atoms with van der Waals surface area (Å²) >= 11 is 0. The molecule has 3 heterocycles. The molecule has 0 saturated carbocycles. The highest BCUT2D eigenvalue weighted by Gasteiger charge is 2.33. The molecular weight excluding hydrogens is 296 g/mol. The summed E-state index contributed by atoms with van der Waals surface area (Å²) in [6.07, 6.45) is 0.889. The Morgan fingerprint density at radius 1 is 1.26 bits per heavy atom. The number of benzene rings is 1. The molecule has 0 amide bonds. The number of nitrogens with zero attached hydrogens (tertiary/aromatic N) is 1. The highest BCUT2D eigenvalue weighted by Crippen LogP contribution is 2.31. The minimum absolute atomic E-state index is 0.208. The molecule has 1 atom stereocenters. The second-order valence-corrected chi connectivity index (χ2v) is 5.87. The average Bonchev–Trinajstić information content (AvgIpc) is 2.92. The van der Waals surface area contributed by atoms with Crippen molar-refractivity contribution in [3.63, 3.8) is 0 Å². The maximum absolute atomic E-state index is 12.3. The van der Waals surface area contributed by atoms with Crippen molar-refractivity contribution in [2.75, 3.05) is 6.54 Å². The van der Waals surface area contributed by atoms with Crippen LogP contribution < -0.4 is 16.6 Å². The number of aromatic amines is 2. The lowest BCUT2D eigenvalue weighted by Crippen LogP contribution is -2.87. The standard InChI is InChI=1S/C16H16N4O3/c1-20-15(22)11(14(21)19-16(20)23)13-12-9(6-7-17-13)8-4-2-3-5-10(8)18-12/h2-5,13,17-18,22H,6-7H2,1H3,(H,19,21,23)/p+1/t13-/m1/s1. The van der Waals surface area contributed by atoms with Crippen molar-refractivity contribution in [3.05, 3.63) is 61.9 Å². The van der Waals surface area contributed by atoms with Gasteiger partial charge in [-0.05, 0) is 11.6 Å². The van der Waals surface area contributed by atoms with Crippen LogP contribution in [-0.2, 0) is 13.5 Å². The van der Waals surface area contributed by atoms with Gasteiger partial charge in [0.1, 0.15) is 5.56 Å². The van der Waals surface area contributed by atoms with Gasteiger partial charge in [0.25, 0.3) is 5.56 Å². The number of nitrogens with one attached hydrogen (secondary N) is 2. The van der Waals surface area contributed by atoms with Gasteiger partial charge in [-0.2, -0.15) is 0 Å². The van der Waals surface area contributed by atoms with Crippen molar-refractivity contribution in [1.29, 1.82) is 0 Å². The van der Waals surface area contributed by atoms with E-state index in [1.165, 1.54) is 12.6 Å². The number of rotatable bonds is 1. The van der Waals surface area contributed by atoms with Crippen molar-refractivity contribution in [2.45, 2.75) is 12.5 Å². The molecule has 5 N–H and O–H groups in total. The number of fused-ring (bicyclic) bond motifs is 3. The summed E-state index contributed by atoms with van der Waals surface area (Å²) in [6.45, 7) is 0.807. The van der Waals surface area contributed by atoms with E-state index in [0.29, 0.717) is 0 Å². The topological polar surface area (TPSA) is 107 Å². The molecule has 0 aliphatic carbocycles. The summed E-state index contributed by atoms with van der Waals surface area (Å²) in [4.78, 5) is 29.5. The number of aromatic hydroxyl groups is 1. The third kappa shape index (κ3) is 1.93. The van der Waals surface area contributed by atoms with E-state index in [4.69, 9.17) is 0 Å². The molecule has 1 aromatic carbocycles. The van der Waals surface area contributed by atoms with Crippen LogP contribution in [0.25, 0.3) is 10.9 Å². The molecule has 0 radical (unpaired) electrons. The van der Waals surface area contributed by atoms with E-state index in [1.807, 2.05) is 23.5 Å². The quantitative estimate of drug-likeness (QED) is 0.485. The first-order valence-electron chi connectivity index (χ1n) is 7.53. The summed E-state index contributed by atoms with van der Waals surface area (Å²) in [5.41, 5.74) is 2.14. The highest BCUT2D eigenvalue weighted by atomic mass is 16.3.